The van der Waals surface area contributed by atoms with E-state index in [1.165, 1.54) is 5.56 Å². The molecule has 2 aliphatic rings. The van der Waals surface area contributed by atoms with Gasteiger partial charge in [0.25, 0.3) is 5.91 Å². The van der Waals surface area contributed by atoms with Gasteiger partial charge >= 0.3 is 0 Å². The fourth-order valence-electron chi connectivity index (χ4n) is 2.77. The Balaban J connectivity index is 1.77. The molecule has 1 amide bonds. The molecule has 1 aromatic rings. The third kappa shape index (κ3) is 2.44. The van der Waals surface area contributed by atoms with E-state index in [1.807, 2.05) is 27.4 Å². The second-order valence-electron chi connectivity index (χ2n) is 5.24. The maximum atomic E-state index is 12.4. The van der Waals surface area contributed by atoms with Crippen LogP contribution in [0.25, 0.3) is 0 Å². The van der Waals surface area contributed by atoms with Crippen LogP contribution in [-0.4, -0.2) is 41.7 Å². The highest BCUT2D eigenvalue weighted by Gasteiger charge is 2.24. The number of likely N-dealkylation sites (tertiary alicyclic amines) is 1. The van der Waals surface area contributed by atoms with Crippen LogP contribution in [-0.2, 0) is 6.42 Å². The molecule has 0 atom stereocenters. The second kappa shape index (κ2) is 5.06. The minimum absolute atomic E-state index is 0.0762. The number of aliphatic hydroxyl groups is 1. The lowest BCUT2D eigenvalue weighted by Crippen LogP contribution is -2.40. The number of amides is 1. The van der Waals surface area contributed by atoms with Gasteiger partial charge in [0.05, 0.1) is 11.8 Å². The molecule has 0 aromatic heterocycles. The number of nitrogens with zero attached hydrogens (tertiary/aromatic N) is 2. The molecular weight excluding hydrogens is 260 g/mol. The van der Waals surface area contributed by atoms with Crippen molar-refractivity contribution in [3.8, 4) is 0 Å². The zero-order valence-corrected chi connectivity index (χ0v) is 11.6. The van der Waals surface area contributed by atoms with Crippen LogP contribution in [0.15, 0.2) is 18.2 Å². The summed E-state index contributed by atoms with van der Waals surface area (Å²) in [4.78, 5) is 14.2. The molecule has 2 aliphatic heterocycles. The summed E-state index contributed by atoms with van der Waals surface area (Å²) >= 11 is 4.38. The highest BCUT2D eigenvalue weighted by atomic mass is 32.1. The normalized spacial score (nSPS) is 19.7. The molecule has 4 nitrogen and oxygen atoms in total. The van der Waals surface area contributed by atoms with Crippen LogP contribution < -0.4 is 4.31 Å². The maximum Gasteiger partial charge on any atom is 0.253 e. The lowest BCUT2D eigenvalue weighted by atomic mass is 10.0. The van der Waals surface area contributed by atoms with Gasteiger partial charge in [0.15, 0.2) is 0 Å². The molecule has 0 aliphatic carbocycles. The molecule has 0 radical (unpaired) electrons. The standard InChI is InChI=1S/C14H18N2O2S/c17-12-4-6-15(7-5-12)14(18)11-1-2-13-10(9-11)3-8-16(13)19/h1-2,9,12,17,19H,3-8H2. The molecule has 2 heterocycles. The van der Waals surface area contributed by atoms with Crippen molar-refractivity contribution in [3.63, 3.8) is 0 Å². The molecule has 0 spiro atoms. The van der Waals surface area contributed by atoms with Crippen molar-refractivity contribution in [1.82, 2.24) is 4.90 Å². The topological polar surface area (TPSA) is 43.8 Å². The first kappa shape index (κ1) is 12.8. The third-order valence-corrected chi connectivity index (χ3v) is 4.36. The Kier molecular flexibility index (Phi) is 3.41. The van der Waals surface area contributed by atoms with E-state index in [4.69, 9.17) is 0 Å². The molecule has 102 valence electrons. The van der Waals surface area contributed by atoms with E-state index in [-0.39, 0.29) is 12.0 Å². The van der Waals surface area contributed by atoms with Gasteiger partial charge < -0.3 is 14.3 Å². The maximum absolute atomic E-state index is 12.4. The number of aliphatic hydroxyl groups excluding tert-OH is 1. The van der Waals surface area contributed by atoms with E-state index in [9.17, 15) is 9.90 Å². The SMILES string of the molecule is O=C(c1ccc2c(c1)CCN2S)N1CCC(O)CC1. The Morgan fingerprint density at radius 3 is 2.74 bits per heavy atom. The van der Waals surface area contributed by atoms with Crippen molar-refractivity contribution in [3.05, 3.63) is 29.3 Å². The predicted octanol–water partition coefficient (Wildman–Crippen LogP) is 1.49. The number of hydrogen-bond donors (Lipinski definition) is 2. The lowest BCUT2D eigenvalue weighted by molar-refractivity contribution is 0.0546. The summed E-state index contributed by atoms with van der Waals surface area (Å²) in [6.45, 7) is 2.19. The number of benzene rings is 1. The zero-order valence-electron chi connectivity index (χ0n) is 10.7. The molecule has 0 saturated carbocycles. The summed E-state index contributed by atoms with van der Waals surface area (Å²) in [5.74, 6) is 0.0762. The van der Waals surface area contributed by atoms with E-state index in [0.717, 1.165) is 24.2 Å². The van der Waals surface area contributed by atoms with Crippen molar-refractivity contribution in [1.29, 1.82) is 0 Å². The Morgan fingerprint density at radius 2 is 2.00 bits per heavy atom. The number of thiol groups is 1. The fourth-order valence-corrected chi connectivity index (χ4v) is 3.06. The van der Waals surface area contributed by atoms with E-state index >= 15 is 0 Å². The first-order valence-electron chi connectivity index (χ1n) is 6.72. The number of anilines is 1. The largest absolute Gasteiger partial charge is 0.393 e. The molecule has 3 rings (SSSR count). The number of carbonyl (C=O) groups is 1. The van der Waals surface area contributed by atoms with Crippen LogP contribution >= 0.6 is 12.8 Å². The smallest absolute Gasteiger partial charge is 0.253 e. The quantitative estimate of drug-likeness (QED) is 0.765. The predicted molar refractivity (Wildman–Crippen MR) is 77.6 cm³/mol. The van der Waals surface area contributed by atoms with Crippen molar-refractivity contribution in [2.45, 2.75) is 25.4 Å². The van der Waals surface area contributed by atoms with Gasteiger partial charge in [-0.1, -0.05) is 12.8 Å². The number of fused-ring (bicyclic) bond motifs is 1. The Morgan fingerprint density at radius 1 is 1.26 bits per heavy atom. The van der Waals surface area contributed by atoms with Gasteiger partial charge in [-0.15, -0.1) is 0 Å². The minimum Gasteiger partial charge on any atom is -0.393 e. The van der Waals surface area contributed by atoms with Crippen molar-refractivity contribution in [2.24, 2.45) is 0 Å². The summed E-state index contributed by atoms with van der Waals surface area (Å²) in [5, 5.41) is 9.48. The van der Waals surface area contributed by atoms with Crippen molar-refractivity contribution >= 4 is 24.4 Å². The third-order valence-electron chi connectivity index (χ3n) is 3.95. The molecule has 1 fully saturated rings. The van der Waals surface area contributed by atoms with Crippen molar-refractivity contribution < 1.29 is 9.90 Å². The van der Waals surface area contributed by atoms with Gasteiger partial charge in [0.1, 0.15) is 0 Å². The average Bonchev–Trinajstić information content (AvgIpc) is 2.80. The number of piperidine rings is 1. The molecule has 1 N–H and O–H groups in total. The number of carbonyl (C=O) groups excluding carboxylic acids is 1. The molecule has 0 unspecified atom stereocenters. The Hall–Kier alpha value is -1.20. The highest BCUT2D eigenvalue weighted by Crippen LogP contribution is 2.30. The molecule has 1 aromatic carbocycles. The summed E-state index contributed by atoms with van der Waals surface area (Å²) in [6.07, 6.45) is 2.06. The zero-order chi connectivity index (χ0) is 13.4. The van der Waals surface area contributed by atoms with E-state index in [2.05, 4.69) is 12.8 Å². The first-order valence-corrected chi connectivity index (χ1v) is 7.12. The van der Waals surface area contributed by atoms with E-state index in [0.29, 0.717) is 25.9 Å². The van der Waals surface area contributed by atoms with Gasteiger partial charge in [-0.25, -0.2) is 0 Å². The van der Waals surface area contributed by atoms with Crippen LogP contribution in [0, 0.1) is 0 Å². The molecule has 1 saturated heterocycles. The van der Waals surface area contributed by atoms with Crippen molar-refractivity contribution in [2.75, 3.05) is 23.9 Å². The highest BCUT2D eigenvalue weighted by molar-refractivity contribution is 7.81. The minimum atomic E-state index is -0.248. The van der Waals surface area contributed by atoms with Gasteiger partial charge in [-0.3, -0.25) is 4.79 Å². The molecule has 5 heteroatoms. The summed E-state index contributed by atoms with van der Waals surface area (Å²) in [6, 6.07) is 5.83. The monoisotopic (exact) mass is 278 g/mol. The molecule has 19 heavy (non-hydrogen) atoms. The van der Waals surface area contributed by atoms with E-state index < -0.39 is 0 Å². The first-order chi connectivity index (χ1) is 9.15. The second-order valence-corrected chi connectivity index (χ2v) is 5.72. The summed E-state index contributed by atoms with van der Waals surface area (Å²) in [7, 11) is 0. The lowest BCUT2D eigenvalue weighted by Gasteiger charge is -2.29. The number of rotatable bonds is 1. The Bertz CT molecular complexity index is 498. The van der Waals surface area contributed by atoms with Crippen LogP contribution in [0.5, 0.6) is 0 Å². The van der Waals surface area contributed by atoms with Gasteiger partial charge in [0.2, 0.25) is 0 Å². The van der Waals surface area contributed by atoms with Crippen LogP contribution in [0.1, 0.15) is 28.8 Å². The van der Waals surface area contributed by atoms with Gasteiger partial charge in [0, 0.05) is 25.2 Å². The van der Waals surface area contributed by atoms with Gasteiger partial charge in [-0.2, -0.15) is 0 Å². The molecular formula is C14H18N2O2S. The number of hydrogen-bond acceptors (Lipinski definition) is 4. The van der Waals surface area contributed by atoms with E-state index in [1.54, 1.807) is 0 Å². The molecule has 0 bridgehead atoms. The van der Waals surface area contributed by atoms with Crippen LogP contribution in [0.2, 0.25) is 0 Å². The fraction of sp³-hybridized carbons (Fsp3) is 0.500. The average molecular weight is 278 g/mol. The summed E-state index contributed by atoms with van der Waals surface area (Å²) in [5.41, 5.74) is 3.05. The van der Waals surface area contributed by atoms with Gasteiger partial charge in [-0.05, 0) is 43.0 Å². The van der Waals surface area contributed by atoms with Crippen LogP contribution in [0.3, 0.4) is 0 Å². The van der Waals surface area contributed by atoms with Crippen LogP contribution in [0.4, 0.5) is 5.69 Å². The summed E-state index contributed by atoms with van der Waals surface area (Å²) < 4.78 is 1.92. The Labute approximate surface area is 118 Å².